The zero-order valence-corrected chi connectivity index (χ0v) is 11.5. The summed E-state index contributed by atoms with van der Waals surface area (Å²) in [4.78, 5) is 12.0. The summed E-state index contributed by atoms with van der Waals surface area (Å²) in [5.41, 5.74) is 0. The number of hydrogen-bond donors (Lipinski definition) is 0. The normalized spacial score (nSPS) is 23.4. The number of methoxy groups -OCH3 is 1. The Bertz CT molecular complexity index is 400. The van der Waals surface area contributed by atoms with E-state index in [0.29, 0.717) is 19.8 Å². The second-order valence-electron chi connectivity index (χ2n) is 4.09. The summed E-state index contributed by atoms with van der Waals surface area (Å²) in [6.07, 6.45) is 6.14. The molecule has 0 aliphatic heterocycles. The van der Waals surface area contributed by atoms with Gasteiger partial charge in [-0.15, -0.1) is 0 Å². The number of esters is 1. The average molecular weight is 295 g/mol. The van der Waals surface area contributed by atoms with Crippen molar-refractivity contribution in [2.75, 3.05) is 7.11 Å². The molecule has 0 saturated heterocycles. The maximum atomic E-state index is 11.5. The molecule has 0 bridgehead atoms. The van der Waals surface area contributed by atoms with E-state index in [-0.39, 0.29) is 11.9 Å². The number of ether oxygens (including phenoxy) is 1. The topological polar surface area (TPSA) is 26.3 Å². The Kier molecular flexibility index (Phi) is 4.41. The number of hydrogen-bond acceptors (Lipinski definition) is 2. The summed E-state index contributed by atoms with van der Waals surface area (Å²) >= 11 is 0.407. The van der Waals surface area contributed by atoms with Crippen LogP contribution in [0.4, 0.5) is 0 Å². The van der Waals surface area contributed by atoms with Crippen LogP contribution in [0.5, 0.6) is 0 Å². The van der Waals surface area contributed by atoms with Gasteiger partial charge in [0.1, 0.15) is 0 Å². The molecule has 3 heteroatoms. The molecule has 0 heterocycles. The average Bonchev–Trinajstić information content (AvgIpc) is 2.39. The molecule has 1 aliphatic rings. The summed E-state index contributed by atoms with van der Waals surface area (Å²) in [7, 11) is 1.47. The Hall–Kier alpha value is -1.05. The fourth-order valence-corrected chi connectivity index (χ4v) is 4.45. The van der Waals surface area contributed by atoms with Gasteiger partial charge >= 0.3 is 108 Å². The van der Waals surface area contributed by atoms with Crippen LogP contribution in [0, 0.1) is 5.92 Å². The molecule has 17 heavy (non-hydrogen) atoms. The summed E-state index contributed by atoms with van der Waals surface area (Å²) in [5.74, 6) is -0.0104. The van der Waals surface area contributed by atoms with Crippen LogP contribution in [0.15, 0.2) is 42.5 Å². The van der Waals surface area contributed by atoms with Crippen LogP contribution < -0.4 is 4.46 Å². The van der Waals surface area contributed by atoms with Gasteiger partial charge in [0.25, 0.3) is 0 Å². The Balaban J connectivity index is 1.97. The van der Waals surface area contributed by atoms with E-state index < -0.39 is 0 Å². The minimum atomic E-state index is -0.0665. The fourth-order valence-electron chi connectivity index (χ4n) is 1.97. The number of carbonyl (C=O) groups is 1. The zero-order valence-electron chi connectivity index (χ0n) is 9.84. The van der Waals surface area contributed by atoms with Gasteiger partial charge in [0.05, 0.1) is 0 Å². The van der Waals surface area contributed by atoms with Crippen molar-refractivity contribution in [2.24, 2.45) is 5.92 Å². The first-order valence-electron chi connectivity index (χ1n) is 5.76. The second kappa shape index (κ2) is 6.04. The molecule has 0 N–H and O–H groups in total. The molecule has 1 aliphatic carbocycles. The fraction of sp³-hybridized carbons (Fsp3) is 0.357. The van der Waals surface area contributed by atoms with E-state index in [2.05, 4.69) is 36.4 Å². The molecule has 0 spiro atoms. The number of carbonyl (C=O) groups excluding carboxylic acids is 1. The molecule has 0 saturated carbocycles. The molecule has 2 atom stereocenters. The predicted molar refractivity (Wildman–Crippen MR) is 69.5 cm³/mol. The van der Waals surface area contributed by atoms with Crippen molar-refractivity contribution in [1.29, 1.82) is 0 Å². The Morgan fingerprint density at radius 1 is 1.35 bits per heavy atom. The molecule has 0 unspecified atom stereocenters. The van der Waals surface area contributed by atoms with Gasteiger partial charge in [-0.1, -0.05) is 0 Å². The maximum absolute atomic E-state index is 11.5. The monoisotopic (exact) mass is 296 g/mol. The van der Waals surface area contributed by atoms with E-state index in [1.165, 1.54) is 11.6 Å². The van der Waals surface area contributed by atoms with Gasteiger partial charge in [-0.25, -0.2) is 0 Å². The summed E-state index contributed by atoms with van der Waals surface area (Å²) in [6.45, 7) is 0. The van der Waals surface area contributed by atoms with E-state index >= 15 is 0 Å². The van der Waals surface area contributed by atoms with Crippen LogP contribution in [0.2, 0.25) is 4.82 Å². The number of benzene rings is 1. The third-order valence-corrected chi connectivity index (χ3v) is 5.36. The molecular weight excluding hydrogens is 279 g/mol. The van der Waals surface area contributed by atoms with E-state index in [1.54, 1.807) is 0 Å². The van der Waals surface area contributed by atoms with Crippen LogP contribution in [-0.2, 0) is 9.53 Å². The van der Waals surface area contributed by atoms with Gasteiger partial charge in [0.2, 0.25) is 0 Å². The van der Waals surface area contributed by atoms with Gasteiger partial charge in [0, 0.05) is 0 Å². The molecular formula is C14H16O2Se. The number of allylic oxidation sites excluding steroid dienone is 2. The van der Waals surface area contributed by atoms with Crippen molar-refractivity contribution in [3.63, 3.8) is 0 Å². The van der Waals surface area contributed by atoms with Crippen molar-refractivity contribution in [2.45, 2.75) is 17.7 Å². The molecule has 2 nitrogen and oxygen atoms in total. The molecule has 2 rings (SSSR count). The van der Waals surface area contributed by atoms with Gasteiger partial charge in [-0.3, -0.25) is 0 Å². The Morgan fingerprint density at radius 2 is 2.12 bits per heavy atom. The predicted octanol–water partition coefficient (Wildman–Crippen LogP) is 1.94. The first kappa shape index (κ1) is 12.4. The summed E-state index contributed by atoms with van der Waals surface area (Å²) in [6, 6.07) is 10.5. The molecule has 90 valence electrons. The minimum absolute atomic E-state index is 0.0561. The van der Waals surface area contributed by atoms with E-state index in [9.17, 15) is 4.79 Å². The van der Waals surface area contributed by atoms with Gasteiger partial charge in [-0.2, -0.15) is 0 Å². The van der Waals surface area contributed by atoms with Crippen LogP contribution in [-0.4, -0.2) is 28.0 Å². The Labute approximate surface area is 108 Å². The van der Waals surface area contributed by atoms with Crippen LogP contribution in [0.25, 0.3) is 0 Å². The number of rotatable bonds is 3. The SMILES string of the molecule is COC(=O)[C@@H]1CC=C[C@H]([Se]c2ccccc2)C1. The van der Waals surface area contributed by atoms with E-state index in [4.69, 9.17) is 4.74 Å². The molecule has 1 aromatic rings. The molecule has 0 aromatic heterocycles. The van der Waals surface area contributed by atoms with Crippen molar-refractivity contribution >= 4 is 25.4 Å². The third-order valence-electron chi connectivity index (χ3n) is 2.85. The molecule has 0 fully saturated rings. The van der Waals surface area contributed by atoms with Gasteiger partial charge in [0.15, 0.2) is 0 Å². The van der Waals surface area contributed by atoms with E-state index in [1.807, 2.05) is 6.07 Å². The molecule has 1 aromatic carbocycles. The quantitative estimate of drug-likeness (QED) is 0.484. The zero-order chi connectivity index (χ0) is 12.1. The third kappa shape index (κ3) is 3.45. The summed E-state index contributed by atoms with van der Waals surface area (Å²) < 4.78 is 6.21. The van der Waals surface area contributed by atoms with Crippen molar-refractivity contribution in [1.82, 2.24) is 0 Å². The first-order valence-corrected chi connectivity index (χ1v) is 7.60. The summed E-state index contributed by atoms with van der Waals surface area (Å²) in [5, 5.41) is 0. The Morgan fingerprint density at radius 3 is 2.82 bits per heavy atom. The molecule has 0 radical (unpaired) electrons. The van der Waals surface area contributed by atoms with Crippen molar-refractivity contribution in [3.8, 4) is 0 Å². The van der Waals surface area contributed by atoms with Gasteiger partial charge in [-0.05, 0) is 0 Å². The standard InChI is InChI=1S/C14H16O2Se/c1-16-14(15)11-6-5-9-13(10-11)17-12-7-3-2-4-8-12/h2-5,7-9,11,13H,6,10H2,1H3/t11-,13+/m1/s1. The van der Waals surface area contributed by atoms with E-state index in [0.717, 1.165) is 12.8 Å². The molecule has 0 amide bonds. The van der Waals surface area contributed by atoms with Crippen LogP contribution in [0.1, 0.15) is 12.8 Å². The van der Waals surface area contributed by atoms with Crippen molar-refractivity contribution in [3.05, 3.63) is 42.5 Å². The van der Waals surface area contributed by atoms with Crippen molar-refractivity contribution < 1.29 is 9.53 Å². The first-order chi connectivity index (χ1) is 8.29. The van der Waals surface area contributed by atoms with Crippen LogP contribution in [0.3, 0.4) is 0 Å². The van der Waals surface area contributed by atoms with Gasteiger partial charge < -0.3 is 0 Å². The van der Waals surface area contributed by atoms with Crippen LogP contribution >= 0.6 is 0 Å². The second-order valence-corrected chi connectivity index (χ2v) is 6.84.